The topological polar surface area (TPSA) is 16.4 Å². The minimum atomic E-state index is 0. The number of aromatic nitrogens is 1. The molecule has 2 aromatic carbocycles. The van der Waals surface area contributed by atoms with E-state index in [2.05, 4.69) is 98.0 Å². The normalized spacial score (nSPS) is 14.9. The maximum absolute atomic E-state index is 5.44. The number of methoxy groups -OCH3 is 1. The van der Waals surface area contributed by atoms with Gasteiger partial charge in [0.2, 0.25) is 5.52 Å². The number of pyridine rings is 1. The Hall–Kier alpha value is -2.08. The van der Waals surface area contributed by atoms with Crippen molar-refractivity contribution in [1.29, 1.82) is 0 Å². The van der Waals surface area contributed by atoms with E-state index in [0.29, 0.717) is 12.1 Å². The maximum atomic E-state index is 5.44. The Bertz CT molecular complexity index is 1070. The highest BCUT2D eigenvalue weighted by Crippen LogP contribution is 2.37. The van der Waals surface area contributed by atoms with Crippen LogP contribution in [0.25, 0.3) is 17.0 Å². The number of para-hydroxylation sites is 1. The average molecular weight is 514 g/mol. The molecule has 30 heavy (non-hydrogen) atoms. The van der Waals surface area contributed by atoms with Crippen molar-refractivity contribution in [2.75, 3.05) is 12.0 Å². The molecule has 0 fully saturated rings. The van der Waals surface area contributed by atoms with Gasteiger partial charge in [0.15, 0.2) is 12.2 Å². The van der Waals surface area contributed by atoms with Crippen molar-refractivity contribution in [3.05, 3.63) is 71.6 Å². The zero-order valence-electron chi connectivity index (χ0n) is 18.5. The zero-order chi connectivity index (χ0) is 20.5. The summed E-state index contributed by atoms with van der Waals surface area (Å²) in [6, 6.07) is 18.3. The molecule has 0 N–H and O–H groups in total. The van der Waals surface area contributed by atoms with E-state index >= 15 is 0 Å². The molecule has 0 spiro atoms. The molecule has 0 bridgehead atoms. The van der Waals surface area contributed by atoms with Gasteiger partial charge in [-0.05, 0) is 82.0 Å². The predicted octanol–water partition coefficient (Wildman–Crippen LogP) is 2.92. The van der Waals surface area contributed by atoms with Crippen molar-refractivity contribution in [3.8, 4) is 5.75 Å². The summed E-state index contributed by atoms with van der Waals surface area (Å²) in [5.41, 5.74) is 6.62. The smallest absolute Gasteiger partial charge is 0.213 e. The van der Waals surface area contributed by atoms with Crippen molar-refractivity contribution < 1.29 is 33.3 Å². The summed E-state index contributed by atoms with van der Waals surface area (Å²) < 4.78 is 7.79. The lowest BCUT2D eigenvalue weighted by Gasteiger charge is -2.37. The number of aryl methyl sites for hydroxylation is 1. The van der Waals surface area contributed by atoms with Gasteiger partial charge in [-0.1, -0.05) is 12.1 Å². The number of anilines is 1. The van der Waals surface area contributed by atoms with Gasteiger partial charge in [-0.2, -0.15) is 4.57 Å². The number of benzene rings is 2. The van der Waals surface area contributed by atoms with Gasteiger partial charge in [0.1, 0.15) is 5.75 Å². The van der Waals surface area contributed by atoms with Gasteiger partial charge in [-0.15, -0.1) is 0 Å². The first-order valence-corrected chi connectivity index (χ1v) is 10.6. The number of halogens is 1. The second-order valence-corrected chi connectivity index (χ2v) is 8.38. The van der Waals surface area contributed by atoms with Crippen LogP contribution >= 0.6 is 0 Å². The van der Waals surface area contributed by atoms with Crippen LogP contribution in [-0.2, 0) is 6.42 Å². The number of hydrogen-bond donors (Lipinski definition) is 0. The van der Waals surface area contributed by atoms with Crippen LogP contribution in [0.4, 0.5) is 5.69 Å². The molecule has 158 valence electrons. The van der Waals surface area contributed by atoms with E-state index in [1.807, 2.05) is 0 Å². The summed E-state index contributed by atoms with van der Waals surface area (Å²) in [6.45, 7) is 9.00. The van der Waals surface area contributed by atoms with Crippen molar-refractivity contribution in [3.63, 3.8) is 0 Å². The van der Waals surface area contributed by atoms with E-state index < -0.39 is 0 Å². The molecule has 1 aliphatic rings. The first-order valence-electron chi connectivity index (χ1n) is 10.6. The van der Waals surface area contributed by atoms with Crippen molar-refractivity contribution in [1.82, 2.24) is 0 Å². The predicted molar refractivity (Wildman–Crippen MR) is 121 cm³/mol. The van der Waals surface area contributed by atoms with Gasteiger partial charge in [-0.3, -0.25) is 0 Å². The van der Waals surface area contributed by atoms with Crippen LogP contribution in [0.1, 0.15) is 51.3 Å². The summed E-state index contributed by atoms with van der Waals surface area (Å²) >= 11 is 0. The molecule has 3 aromatic rings. The van der Waals surface area contributed by atoms with E-state index in [1.54, 1.807) is 7.11 Å². The molecule has 0 aliphatic carbocycles. The fourth-order valence-electron chi connectivity index (χ4n) is 4.44. The fraction of sp³-hybridized carbons (Fsp3) is 0.346. The molecule has 4 heteroatoms. The summed E-state index contributed by atoms with van der Waals surface area (Å²) in [4.78, 5) is 2.48. The van der Waals surface area contributed by atoms with Gasteiger partial charge in [0.05, 0.1) is 12.5 Å². The number of ether oxygens (including phenoxy) is 1. The SMILES string of the molecule is COc1ccc2c(c1)CCC(=Cc1cc[n+](C(C)C)c3ccccc13)N2C(C)C.[I-]. The number of rotatable bonds is 4. The molecule has 4 rings (SSSR count). The lowest BCUT2D eigenvalue weighted by atomic mass is 9.95. The molecule has 0 saturated heterocycles. The lowest BCUT2D eigenvalue weighted by Crippen LogP contribution is -3.00. The summed E-state index contributed by atoms with van der Waals surface area (Å²) in [5.74, 6) is 0.937. The van der Waals surface area contributed by atoms with Crippen LogP contribution in [0.2, 0.25) is 0 Å². The summed E-state index contributed by atoms with van der Waals surface area (Å²) in [7, 11) is 1.74. The Morgan fingerprint density at radius 2 is 1.77 bits per heavy atom. The standard InChI is InChI=1S/C26H31N2O.HI/c1-18(2)27-15-14-20(24-8-6-7-9-26(24)27)16-22-11-10-21-17-23(29-5)12-13-25(21)28(22)19(3)4;/h6-9,12-19H,10-11H2,1-5H3;1H/q+1;/p-1. The molecule has 0 unspecified atom stereocenters. The molecular formula is C26H31IN2O. The van der Waals surface area contributed by atoms with Gasteiger partial charge in [-0.25, -0.2) is 0 Å². The van der Waals surface area contributed by atoms with Crippen LogP contribution in [0.5, 0.6) is 5.75 Å². The third-order valence-electron chi connectivity index (χ3n) is 5.81. The number of nitrogens with zero attached hydrogens (tertiary/aromatic N) is 2. The van der Waals surface area contributed by atoms with Crippen LogP contribution in [0.15, 0.2) is 60.4 Å². The van der Waals surface area contributed by atoms with Crippen LogP contribution in [0, 0.1) is 0 Å². The van der Waals surface area contributed by atoms with E-state index in [1.165, 1.54) is 33.4 Å². The first kappa shape index (κ1) is 22.6. The van der Waals surface area contributed by atoms with E-state index in [-0.39, 0.29) is 24.0 Å². The molecule has 0 amide bonds. The van der Waals surface area contributed by atoms with Crippen LogP contribution < -0.4 is 38.2 Å². The average Bonchev–Trinajstić information content (AvgIpc) is 2.72. The minimum Gasteiger partial charge on any atom is -1.00 e. The molecule has 2 heterocycles. The molecule has 3 nitrogen and oxygen atoms in total. The maximum Gasteiger partial charge on any atom is 0.213 e. The second-order valence-electron chi connectivity index (χ2n) is 8.38. The van der Waals surface area contributed by atoms with E-state index in [9.17, 15) is 0 Å². The van der Waals surface area contributed by atoms with Crippen molar-refractivity contribution >= 4 is 22.7 Å². The van der Waals surface area contributed by atoms with Gasteiger partial charge >= 0.3 is 0 Å². The molecule has 1 aromatic heterocycles. The van der Waals surface area contributed by atoms with Crippen molar-refractivity contribution in [2.24, 2.45) is 0 Å². The van der Waals surface area contributed by atoms with Crippen LogP contribution in [0.3, 0.4) is 0 Å². The van der Waals surface area contributed by atoms with E-state index in [4.69, 9.17) is 4.74 Å². The molecule has 0 radical (unpaired) electrons. The minimum absolute atomic E-state index is 0. The molecular weight excluding hydrogens is 483 g/mol. The van der Waals surface area contributed by atoms with Gasteiger partial charge in [0, 0.05) is 29.6 Å². The largest absolute Gasteiger partial charge is 1.00 e. The van der Waals surface area contributed by atoms with Gasteiger partial charge in [0.25, 0.3) is 0 Å². The Morgan fingerprint density at radius 3 is 2.47 bits per heavy atom. The highest BCUT2D eigenvalue weighted by Gasteiger charge is 2.24. The van der Waals surface area contributed by atoms with Gasteiger partial charge < -0.3 is 33.6 Å². The second kappa shape index (κ2) is 9.38. The molecule has 1 aliphatic heterocycles. The number of fused-ring (bicyclic) bond motifs is 2. The van der Waals surface area contributed by atoms with E-state index in [0.717, 1.165) is 18.6 Å². The molecule has 0 atom stereocenters. The zero-order valence-corrected chi connectivity index (χ0v) is 20.7. The van der Waals surface area contributed by atoms with Crippen LogP contribution in [-0.4, -0.2) is 13.2 Å². The lowest BCUT2D eigenvalue weighted by molar-refractivity contribution is -0.691. The monoisotopic (exact) mass is 514 g/mol. The summed E-state index contributed by atoms with van der Waals surface area (Å²) in [5, 5.41) is 1.31. The Balaban J connectivity index is 0.00000256. The number of hydrogen-bond acceptors (Lipinski definition) is 2. The third kappa shape index (κ3) is 4.20. The Labute approximate surface area is 197 Å². The number of allylic oxidation sites excluding steroid dienone is 1. The van der Waals surface area contributed by atoms with Crippen molar-refractivity contribution in [2.45, 2.75) is 52.6 Å². The Kier molecular flexibility index (Phi) is 7.06. The quantitative estimate of drug-likeness (QED) is 0.394. The highest BCUT2D eigenvalue weighted by molar-refractivity contribution is 5.86. The fourth-order valence-corrected chi connectivity index (χ4v) is 4.44. The Morgan fingerprint density at radius 1 is 1.00 bits per heavy atom. The first-order chi connectivity index (χ1) is 14.0. The molecule has 0 saturated carbocycles. The highest BCUT2D eigenvalue weighted by atomic mass is 127. The third-order valence-corrected chi connectivity index (χ3v) is 5.81. The summed E-state index contributed by atoms with van der Waals surface area (Å²) in [6.07, 6.45) is 6.69.